The summed E-state index contributed by atoms with van der Waals surface area (Å²) in [4.78, 5) is 0. The molecule has 0 aliphatic heterocycles. The minimum Gasteiger partial charge on any atom is -0.233 e. The Balaban J connectivity index is 1.69. The maximum atomic E-state index is 4.40. The van der Waals surface area contributed by atoms with Gasteiger partial charge in [0, 0.05) is 9.57 Å². The van der Waals surface area contributed by atoms with Gasteiger partial charge in [0.1, 0.15) is 6.54 Å². The number of rotatable bonds is 4. The molecule has 3 aromatic rings. The summed E-state index contributed by atoms with van der Waals surface area (Å²) in [6.45, 7) is 1.64. The van der Waals surface area contributed by atoms with Gasteiger partial charge in [0.15, 0.2) is 0 Å². The molecule has 0 radical (unpaired) electrons. The maximum Gasteiger partial charge on any atom is 0.265 e. The lowest BCUT2D eigenvalue weighted by molar-refractivity contribution is -0.689. The van der Waals surface area contributed by atoms with Gasteiger partial charge in [-0.15, -0.1) is 4.68 Å². The van der Waals surface area contributed by atoms with Gasteiger partial charge in [-0.05, 0) is 23.3 Å². The first-order valence-corrected chi connectivity index (χ1v) is 7.29. The highest BCUT2D eigenvalue weighted by Crippen LogP contribution is 2.10. The highest BCUT2D eigenvalue weighted by molar-refractivity contribution is 9.10. The molecule has 0 atom stereocenters. The monoisotopic (exact) mass is 328 g/mol. The third kappa shape index (κ3) is 3.33. The standard InChI is InChI=1S/C16H15BrN3/c17-16-8-6-15(7-9-16)10-19-12-18-20(13-19)11-14-4-2-1-3-5-14/h1-9,12-13H,10-11H2/q+1. The molecule has 20 heavy (non-hydrogen) atoms. The van der Waals surface area contributed by atoms with Crippen LogP contribution in [0, 0.1) is 0 Å². The number of benzene rings is 2. The molecule has 0 saturated carbocycles. The van der Waals surface area contributed by atoms with Crippen LogP contribution in [0.4, 0.5) is 0 Å². The molecule has 0 bridgehead atoms. The van der Waals surface area contributed by atoms with Crippen molar-refractivity contribution in [2.45, 2.75) is 13.1 Å². The Bertz CT molecular complexity index is 674. The molecule has 0 aliphatic rings. The first-order valence-electron chi connectivity index (χ1n) is 6.49. The Morgan fingerprint density at radius 3 is 2.45 bits per heavy atom. The van der Waals surface area contributed by atoms with Crippen LogP contribution in [-0.2, 0) is 13.1 Å². The van der Waals surface area contributed by atoms with E-state index < -0.39 is 0 Å². The minimum absolute atomic E-state index is 0.800. The SMILES string of the molecule is Brc1ccc(C[n+]2cnn(Cc3ccccc3)c2)cc1. The summed E-state index contributed by atoms with van der Waals surface area (Å²) < 4.78 is 5.14. The average Bonchev–Trinajstić information content (AvgIpc) is 2.90. The second-order valence-corrected chi connectivity index (χ2v) is 5.64. The lowest BCUT2D eigenvalue weighted by Gasteiger charge is -1.98. The number of hydrogen-bond donors (Lipinski definition) is 0. The van der Waals surface area contributed by atoms with Gasteiger partial charge < -0.3 is 0 Å². The van der Waals surface area contributed by atoms with Crippen molar-refractivity contribution < 1.29 is 4.57 Å². The maximum absolute atomic E-state index is 4.40. The third-order valence-electron chi connectivity index (χ3n) is 3.10. The summed E-state index contributed by atoms with van der Waals surface area (Å²) in [7, 11) is 0. The van der Waals surface area contributed by atoms with Crippen LogP contribution in [0.3, 0.4) is 0 Å². The number of halogens is 1. The van der Waals surface area contributed by atoms with Gasteiger partial charge in [-0.2, -0.15) is 0 Å². The smallest absolute Gasteiger partial charge is 0.233 e. The molecule has 0 amide bonds. The van der Waals surface area contributed by atoms with Crippen molar-refractivity contribution in [2.75, 3.05) is 0 Å². The average molecular weight is 329 g/mol. The van der Waals surface area contributed by atoms with Gasteiger partial charge in [-0.25, -0.2) is 4.57 Å². The van der Waals surface area contributed by atoms with Crippen molar-refractivity contribution in [1.29, 1.82) is 0 Å². The van der Waals surface area contributed by atoms with E-state index in [1.165, 1.54) is 11.1 Å². The van der Waals surface area contributed by atoms with Gasteiger partial charge >= 0.3 is 0 Å². The molecule has 4 heteroatoms. The number of nitrogens with zero attached hydrogens (tertiary/aromatic N) is 3. The van der Waals surface area contributed by atoms with Crippen LogP contribution in [0.1, 0.15) is 11.1 Å². The Kier molecular flexibility index (Phi) is 3.92. The zero-order chi connectivity index (χ0) is 13.8. The van der Waals surface area contributed by atoms with Gasteiger partial charge in [-0.1, -0.05) is 58.4 Å². The summed E-state index contributed by atoms with van der Waals surface area (Å²) in [5.41, 5.74) is 2.52. The fraction of sp³-hybridized carbons (Fsp3) is 0.125. The fourth-order valence-electron chi connectivity index (χ4n) is 2.10. The minimum atomic E-state index is 0.800. The van der Waals surface area contributed by atoms with Gasteiger partial charge in [0.2, 0.25) is 6.33 Å². The topological polar surface area (TPSA) is 21.7 Å². The Morgan fingerprint density at radius 2 is 1.70 bits per heavy atom. The molecule has 0 spiro atoms. The molecule has 0 aliphatic carbocycles. The summed E-state index contributed by atoms with van der Waals surface area (Å²) >= 11 is 3.45. The van der Waals surface area contributed by atoms with E-state index in [1.807, 2.05) is 23.4 Å². The quantitative estimate of drug-likeness (QED) is 0.675. The third-order valence-corrected chi connectivity index (χ3v) is 3.62. The summed E-state index contributed by atoms with van der Waals surface area (Å²) in [6, 6.07) is 18.7. The Labute approximate surface area is 126 Å². The molecule has 1 aromatic heterocycles. The molecular weight excluding hydrogens is 314 g/mol. The van der Waals surface area contributed by atoms with E-state index in [-0.39, 0.29) is 0 Å². The normalized spacial score (nSPS) is 10.7. The molecule has 3 rings (SSSR count). The second kappa shape index (κ2) is 6.01. The van der Waals surface area contributed by atoms with E-state index >= 15 is 0 Å². The van der Waals surface area contributed by atoms with E-state index in [2.05, 4.69) is 74.1 Å². The molecule has 2 aromatic carbocycles. The zero-order valence-corrected chi connectivity index (χ0v) is 12.6. The zero-order valence-electron chi connectivity index (χ0n) is 11.0. The van der Waals surface area contributed by atoms with E-state index in [1.54, 1.807) is 0 Å². The van der Waals surface area contributed by atoms with Crippen molar-refractivity contribution in [3.63, 3.8) is 0 Å². The summed E-state index contributed by atoms with van der Waals surface area (Å²) in [5.74, 6) is 0. The van der Waals surface area contributed by atoms with E-state index in [0.717, 1.165) is 17.6 Å². The highest BCUT2D eigenvalue weighted by atomic mass is 79.9. The molecule has 0 fully saturated rings. The van der Waals surface area contributed by atoms with Crippen LogP contribution in [0.15, 0.2) is 71.7 Å². The van der Waals surface area contributed by atoms with Crippen molar-refractivity contribution in [3.05, 3.63) is 82.9 Å². The van der Waals surface area contributed by atoms with Crippen LogP contribution in [-0.4, -0.2) is 9.78 Å². The van der Waals surface area contributed by atoms with Gasteiger partial charge in [-0.3, -0.25) is 0 Å². The molecule has 100 valence electrons. The fourth-order valence-corrected chi connectivity index (χ4v) is 2.36. The van der Waals surface area contributed by atoms with E-state index in [4.69, 9.17) is 0 Å². The summed E-state index contributed by atoms with van der Waals surface area (Å²) in [6.07, 6.45) is 3.90. The van der Waals surface area contributed by atoms with E-state index in [0.29, 0.717) is 0 Å². The first kappa shape index (κ1) is 13.1. The number of aromatic nitrogens is 3. The van der Waals surface area contributed by atoms with Crippen molar-refractivity contribution in [3.8, 4) is 0 Å². The van der Waals surface area contributed by atoms with Crippen LogP contribution in [0.25, 0.3) is 0 Å². The van der Waals surface area contributed by atoms with Crippen LogP contribution >= 0.6 is 15.9 Å². The largest absolute Gasteiger partial charge is 0.265 e. The Hall–Kier alpha value is -1.94. The molecule has 3 nitrogen and oxygen atoms in total. The highest BCUT2D eigenvalue weighted by Gasteiger charge is 2.07. The van der Waals surface area contributed by atoms with Crippen LogP contribution < -0.4 is 4.57 Å². The molecule has 1 heterocycles. The predicted octanol–water partition coefficient (Wildman–Crippen LogP) is 3.03. The van der Waals surface area contributed by atoms with E-state index in [9.17, 15) is 0 Å². The number of hydrogen-bond acceptors (Lipinski definition) is 1. The first-order chi connectivity index (χ1) is 9.79. The molecule has 0 N–H and O–H groups in total. The van der Waals surface area contributed by atoms with Crippen molar-refractivity contribution >= 4 is 15.9 Å². The van der Waals surface area contributed by atoms with Crippen molar-refractivity contribution in [2.24, 2.45) is 0 Å². The molecule has 0 unspecified atom stereocenters. The van der Waals surface area contributed by atoms with Crippen LogP contribution in [0.2, 0.25) is 0 Å². The lowest BCUT2D eigenvalue weighted by atomic mass is 10.2. The van der Waals surface area contributed by atoms with Gasteiger partial charge in [0.05, 0.1) is 6.54 Å². The predicted molar refractivity (Wildman–Crippen MR) is 81.2 cm³/mol. The summed E-state index contributed by atoms with van der Waals surface area (Å²) in [5, 5.41) is 4.40. The van der Waals surface area contributed by atoms with Gasteiger partial charge in [0.25, 0.3) is 6.33 Å². The molecule has 0 saturated heterocycles. The lowest BCUT2D eigenvalue weighted by Crippen LogP contribution is -2.31. The molecular formula is C16H15BrN3+. The van der Waals surface area contributed by atoms with Crippen LogP contribution in [0.5, 0.6) is 0 Å². The Morgan fingerprint density at radius 1 is 0.950 bits per heavy atom. The van der Waals surface area contributed by atoms with Crippen molar-refractivity contribution in [1.82, 2.24) is 9.78 Å². The second-order valence-electron chi connectivity index (χ2n) is 4.73.